The van der Waals surface area contributed by atoms with Gasteiger partial charge in [-0.25, -0.2) is 9.78 Å². The predicted octanol–water partition coefficient (Wildman–Crippen LogP) is 1.62. The molecule has 4 rings (SSSR count). The van der Waals surface area contributed by atoms with Crippen molar-refractivity contribution in [3.05, 3.63) is 29.7 Å². The van der Waals surface area contributed by atoms with Gasteiger partial charge in [-0.05, 0) is 30.7 Å². The number of thioether (sulfide) groups is 1. The van der Waals surface area contributed by atoms with Crippen LogP contribution in [0.2, 0.25) is 0 Å². The summed E-state index contributed by atoms with van der Waals surface area (Å²) in [5.74, 6) is -0.196. The number of rotatable bonds is 5. The summed E-state index contributed by atoms with van der Waals surface area (Å²) in [4.78, 5) is 41.1. The van der Waals surface area contributed by atoms with Crippen LogP contribution in [0.15, 0.2) is 29.7 Å². The lowest BCUT2D eigenvalue weighted by Crippen LogP contribution is -2.70. The predicted molar refractivity (Wildman–Crippen MR) is 109 cm³/mol. The van der Waals surface area contributed by atoms with Crippen LogP contribution in [0.25, 0.3) is 10.2 Å². The molecule has 10 nitrogen and oxygen atoms in total. The summed E-state index contributed by atoms with van der Waals surface area (Å²) >= 11 is 2.80. The smallest absolute Gasteiger partial charge is 0.449 e. The van der Waals surface area contributed by atoms with Gasteiger partial charge in [-0.1, -0.05) is 11.3 Å². The maximum Gasteiger partial charge on any atom is 0.512 e. The van der Waals surface area contributed by atoms with Gasteiger partial charge in [0.15, 0.2) is 5.13 Å². The van der Waals surface area contributed by atoms with Crippen molar-refractivity contribution in [3.8, 4) is 0 Å². The first-order valence-corrected chi connectivity index (χ1v) is 10.4. The SMILES string of the molecule is CC1=C(OC(=O)O)N2C(=O)C(NC(=O)CNc3ccc4nc(N)sc4c3)[C@@H]2SC1. The van der Waals surface area contributed by atoms with Crippen molar-refractivity contribution in [1.29, 1.82) is 0 Å². The highest BCUT2D eigenvalue weighted by Gasteiger charge is 2.53. The number of β-lactam (4-membered cyclic amide) rings is 1. The van der Waals surface area contributed by atoms with E-state index in [1.165, 1.54) is 28.0 Å². The largest absolute Gasteiger partial charge is 0.512 e. The van der Waals surface area contributed by atoms with Crippen molar-refractivity contribution in [3.63, 3.8) is 0 Å². The maximum absolute atomic E-state index is 12.4. The Bertz CT molecular complexity index is 1050. The number of nitrogens with two attached hydrogens (primary N) is 1. The number of ether oxygens (including phenoxy) is 1. The molecule has 1 unspecified atom stereocenters. The standard InChI is InChI=1S/C17H17N5O5S2/c1-7-6-28-15-12(13(24)22(15)14(7)27-17(25)26)21-11(23)5-19-8-2-3-9-10(4-8)29-16(18)20-9/h2-4,12,15,19H,5-6H2,1H3,(H2,18,20)(H,21,23)(H,25,26)/t12?,15-/m0/s1. The Labute approximate surface area is 173 Å². The second-order valence-corrected chi connectivity index (χ2v) is 8.66. The lowest BCUT2D eigenvalue weighted by molar-refractivity contribution is -0.148. The molecule has 12 heteroatoms. The van der Waals surface area contributed by atoms with Crippen LogP contribution in [-0.4, -0.2) is 56.7 Å². The molecule has 2 atom stereocenters. The first-order chi connectivity index (χ1) is 13.8. The molecule has 152 valence electrons. The Balaban J connectivity index is 1.35. The van der Waals surface area contributed by atoms with Crippen LogP contribution < -0.4 is 16.4 Å². The zero-order chi connectivity index (χ0) is 20.7. The number of benzene rings is 1. The summed E-state index contributed by atoms with van der Waals surface area (Å²) in [6, 6.07) is 4.74. The van der Waals surface area contributed by atoms with E-state index in [0.29, 0.717) is 16.5 Å². The first kappa shape index (κ1) is 19.3. The molecule has 0 bridgehead atoms. The molecule has 1 saturated heterocycles. The number of hydrogen-bond donors (Lipinski definition) is 4. The number of carbonyl (C=O) groups is 3. The maximum atomic E-state index is 12.4. The van der Waals surface area contributed by atoms with Crippen LogP contribution >= 0.6 is 23.1 Å². The molecular formula is C17H17N5O5S2. The van der Waals surface area contributed by atoms with E-state index in [2.05, 4.69) is 15.6 Å². The Morgan fingerprint density at radius 1 is 1.45 bits per heavy atom. The van der Waals surface area contributed by atoms with Gasteiger partial charge < -0.3 is 26.2 Å². The molecule has 29 heavy (non-hydrogen) atoms. The molecule has 2 amide bonds. The van der Waals surface area contributed by atoms with Crippen LogP contribution in [0, 0.1) is 0 Å². The van der Waals surface area contributed by atoms with E-state index in [1.54, 1.807) is 13.0 Å². The summed E-state index contributed by atoms with van der Waals surface area (Å²) in [6.07, 6.45) is -1.48. The van der Waals surface area contributed by atoms with Gasteiger partial charge in [-0.2, -0.15) is 0 Å². The van der Waals surface area contributed by atoms with E-state index < -0.39 is 18.1 Å². The lowest BCUT2D eigenvalue weighted by atomic mass is 10.1. The minimum atomic E-state index is -1.48. The monoisotopic (exact) mass is 435 g/mol. The number of carbonyl (C=O) groups excluding carboxylic acids is 2. The number of anilines is 2. The van der Waals surface area contributed by atoms with Crippen molar-refractivity contribution >= 4 is 62.1 Å². The Morgan fingerprint density at radius 2 is 2.24 bits per heavy atom. The number of amides is 2. The minimum absolute atomic E-state index is 0.0195. The number of thiazole rings is 1. The fourth-order valence-electron chi connectivity index (χ4n) is 3.14. The first-order valence-electron chi connectivity index (χ1n) is 8.58. The van der Waals surface area contributed by atoms with Crippen LogP contribution in [0.5, 0.6) is 0 Å². The molecule has 2 aromatic rings. The van der Waals surface area contributed by atoms with Gasteiger partial charge in [0.25, 0.3) is 5.91 Å². The van der Waals surface area contributed by atoms with Gasteiger partial charge in [0.05, 0.1) is 16.8 Å². The van der Waals surface area contributed by atoms with Crippen LogP contribution in [0.3, 0.4) is 0 Å². The number of carboxylic acid groups (broad SMARTS) is 1. The quantitative estimate of drug-likeness (QED) is 0.406. The van der Waals surface area contributed by atoms with Crippen molar-refractivity contribution in [2.75, 3.05) is 23.3 Å². The van der Waals surface area contributed by atoms with Gasteiger partial charge >= 0.3 is 6.16 Å². The third-order valence-corrected chi connectivity index (χ3v) is 6.73. The highest BCUT2D eigenvalue weighted by molar-refractivity contribution is 8.00. The number of nitrogens with zero attached hydrogens (tertiary/aromatic N) is 2. The van der Waals surface area contributed by atoms with Crippen molar-refractivity contribution in [1.82, 2.24) is 15.2 Å². The summed E-state index contributed by atoms with van der Waals surface area (Å²) < 4.78 is 5.66. The van der Waals surface area contributed by atoms with E-state index in [0.717, 1.165) is 15.9 Å². The van der Waals surface area contributed by atoms with Gasteiger partial charge in [0.2, 0.25) is 11.8 Å². The fraction of sp³-hybridized carbons (Fsp3) is 0.294. The van der Waals surface area contributed by atoms with Crippen molar-refractivity contribution < 1.29 is 24.2 Å². The Morgan fingerprint density at radius 3 is 3.00 bits per heavy atom. The average Bonchev–Trinajstić information content (AvgIpc) is 3.04. The zero-order valence-corrected chi connectivity index (χ0v) is 16.8. The average molecular weight is 435 g/mol. The molecule has 2 aliphatic rings. The van der Waals surface area contributed by atoms with Crippen molar-refractivity contribution in [2.45, 2.75) is 18.3 Å². The summed E-state index contributed by atoms with van der Waals surface area (Å²) in [5.41, 5.74) is 7.88. The van der Waals surface area contributed by atoms with Crippen LogP contribution in [0.1, 0.15) is 6.92 Å². The van der Waals surface area contributed by atoms with Gasteiger partial charge in [-0.15, -0.1) is 11.8 Å². The highest BCUT2D eigenvalue weighted by atomic mass is 32.2. The molecule has 0 saturated carbocycles. The summed E-state index contributed by atoms with van der Waals surface area (Å²) in [6.45, 7) is 1.69. The second kappa shape index (κ2) is 7.44. The normalized spacial score (nSPS) is 20.9. The van der Waals surface area contributed by atoms with Crippen LogP contribution in [0.4, 0.5) is 15.6 Å². The molecule has 1 fully saturated rings. The van der Waals surface area contributed by atoms with E-state index in [-0.39, 0.29) is 23.7 Å². The third kappa shape index (κ3) is 3.68. The molecule has 3 heterocycles. The van der Waals surface area contributed by atoms with Gasteiger partial charge in [0, 0.05) is 11.4 Å². The molecule has 0 radical (unpaired) electrons. The minimum Gasteiger partial charge on any atom is -0.449 e. The lowest BCUT2D eigenvalue weighted by Gasteiger charge is -2.48. The number of nitrogen functional groups attached to an aromatic ring is 1. The fourth-order valence-corrected chi connectivity index (χ4v) is 5.18. The number of fused-ring (bicyclic) bond motifs is 2. The van der Waals surface area contributed by atoms with Crippen molar-refractivity contribution in [2.24, 2.45) is 0 Å². The summed E-state index contributed by atoms with van der Waals surface area (Å²) in [7, 11) is 0. The third-order valence-electron chi connectivity index (χ3n) is 4.46. The van der Waals surface area contributed by atoms with E-state index >= 15 is 0 Å². The van der Waals surface area contributed by atoms with Gasteiger partial charge in [0.1, 0.15) is 11.4 Å². The molecule has 0 spiro atoms. The molecule has 1 aromatic heterocycles. The second-order valence-electron chi connectivity index (χ2n) is 6.50. The molecular weight excluding hydrogens is 418 g/mol. The van der Waals surface area contributed by atoms with E-state index in [4.69, 9.17) is 15.6 Å². The van der Waals surface area contributed by atoms with Crippen LogP contribution in [-0.2, 0) is 14.3 Å². The molecule has 0 aliphatic carbocycles. The molecule has 2 aliphatic heterocycles. The highest BCUT2D eigenvalue weighted by Crippen LogP contribution is 2.40. The zero-order valence-electron chi connectivity index (χ0n) is 15.2. The van der Waals surface area contributed by atoms with E-state index in [9.17, 15) is 14.4 Å². The Kier molecular flexibility index (Phi) is 4.96. The Hall–Kier alpha value is -2.99. The molecule has 5 N–H and O–H groups in total. The topological polar surface area (TPSA) is 147 Å². The number of hydrogen-bond acceptors (Lipinski definition) is 9. The molecule has 1 aromatic carbocycles. The van der Waals surface area contributed by atoms with E-state index in [1.807, 2.05) is 12.1 Å². The number of aromatic nitrogens is 1. The van der Waals surface area contributed by atoms with Gasteiger partial charge in [-0.3, -0.25) is 14.5 Å². The summed E-state index contributed by atoms with van der Waals surface area (Å²) in [5, 5.41) is 14.7. The number of nitrogens with one attached hydrogen (secondary N) is 2.